The number of hydrogen-bond acceptors (Lipinski definition) is 5. The van der Waals surface area contributed by atoms with Crippen LogP contribution in [0.3, 0.4) is 0 Å². The largest absolute Gasteiger partial charge is 0.461 e. The molecule has 22 heavy (non-hydrogen) atoms. The van der Waals surface area contributed by atoms with Gasteiger partial charge in [-0.25, -0.2) is 0 Å². The van der Waals surface area contributed by atoms with E-state index in [4.69, 9.17) is 10.5 Å². The van der Waals surface area contributed by atoms with Gasteiger partial charge in [0.1, 0.15) is 12.6 Å². The lowest BCUT2D eigenvalue weighted by atomic mass is 10.0. The molecule has 126 valence electrons. The maximum atomic E-state index is 12.0. The molecule has 1 aliphatic heterocycles. The Bertz CT molecular complexity index is 396. The number of nitrogens with zero attached hydrogens (tertiary/aromatic N) is 2. The van der Waals surface area contributed by atoms with E-state index in [1.54, 1.807) is 7.05 Å². The molecule has 0 saturated heterocycles. The molecule has 1 rings (SSSR count). The Morgan fingerprint density at radius 2 is 2.05 bits per heavy atom. The lowest BCUT2D eigenvalue weighted by molar-refractivity contribution is -0.150. The second-order valence-corrected chi connectivity index (χ2v) is 5.93. The highest BCUT2D eigenvalue weighted by molar-refractivity contribution is 5.93. The molecule has 0 saturated carbocycles. The van der Waals surface area contributed by atoms with E-state index in [0.717, 1.165) is 51.4 Å². The zero-order valence-electron chi connectivity index (χ0n) is 13.8. The van der Waals surface area contributed by atoms with Crippen molar-refractivity contribution in [2.24, 2.45) is 10.7 Å². The van der Waals surface area contributed by atoms with Crippen LogP contribution in [0.2, 0.25) is 0 Å². The SMILES string of the molecule is CCCCCC1CCCCCC(=O)N=C(N)N(C)CC(=O)O1. The smallest absolute Gasteiger partial charge is 0.325 e. The number of esters is 1. The van der Waals surface area contributed by atoms with Crippen LogP contribution in [0.5, 0.6) is 0 Å². The van der Waals surface area contributed by atoms with Crippen molar-refractivity contribution in [1.29, 1.82) is 0 Å². The van der Waals surface area contributed by atoms with Gasteiger partial charge in [0.15, 0.2) is 5.96 Å². The average molecular weight is 311 g/mol. The van der Waals surface area contributed by atoms with Gasteiger partial charge in [-0.3, -0.25) is 9.59 Å². The second-order valence-electron chi connectivity index (χ2n) is 5.93. The summed E-state index contributed by atoms with van der Waals surface area (Å²) in [5.41, 5.74) is 5.73. The predicted octanol–water partition coefficient (Wildman–Crippen LogP) is 2.22. The summed E-state index contributed by atoms with van der Waals surface area (Å²) in [6.07, 6.45) is 8.24. The van der Waals surface area contributed by atoms with E-state index in [1.165, 1.54) is 4.90 Å². The molecule has 0 spiro atoms. The molecule has 0 aromatic carbocycles. The number of amides is 1. The van der Waals surface area contributed by atoms with Gasteiger partial charge in [0.05, 0.1) is 0 Å². The number of aliphatic imine (C=N–C) groups is 1. The van der Waals surface area contributed by atoms with Crippen molar-refractivity contribution in [2.45, 2.75) is 70.8 Å². The number of ether oxygens (including phenoxy) is 1. The van der Waals surface area contributed by atoms with E-state index in [2.05, 4.69) is 11.9 Å². The first-order chi connectivity index (χ1) is 10.5. The van der Waals surface area contributed by atoms with Crippen molar-refractivity contribution < 1.29 is 14.3 Å². The third-order valence-corrected chi connectivity index (χ3v) is 3.84. The zero-order valence-corrected chi connectivity index (χ0v) is 13.8. The van der Waals surface area contributed by atoms with E-state index in [1.807, 2.05) is 0 Å². The molecule has 0 aromatic heterocycles. The molecule has 0 fully saturated rings. The van der Waals surface area contributed by atoms with Crippen LogP contribution < -0.4 is 5.73 Å². The monoisotopic (exact) mass is 311 g/mol. The Kier molecular flexibility index (Phi) is 8.55. The number of carbonyl (C=O) groups is 2. The van der Waals surface area contributed by atoms with Crippen LogP contribution in [-0.4, -0.2) is 42.4 Å². The lowest BCUT2D eigenvalue weighted by Crippen LogP contribution is -2.39. The maximum absolute atomic E-state index is 12.0. The molecule has 1 aliphatic rings. The highest BCUT2D eigenvalue weighted by atomic mass is 16.5. The van der Waals surface area contributed by atoms with E-state index < -0.39 is 0 Å². The van der Waals surface area contributed by atoms with Gasteiger partial charge in [-0.2, -0.15) is 4.99 Å². The minimum atomic E-state index is -0.311. The summed E-state index contributed by atoms with van der Waals surface area (Å²) in [5, 5.41) is 0. The zero-order chi connectivity index (χ0) is 16.4. The van der Waals surface area contributed by atoms with Gasteiger partial charge < -0.3 is 15.4 Å². The summed E-state index contributed by atoms with van der Waals surface area (Å²) < 4.78 is 5.58. The molecule has 1 atom stereocenters. The molecular formula is C16H29N3O3. The summed E-state index contributed by atoms with van der Waals surface area (Å²) in [6, 6.07) is 0. The molecule has 1 heterocycles. The first-order valence-electron chi connectivity index (χ1n) is 8.30. The van der Waals surface area contributed by atoms with Crippen LogP contribution in [0.15, 0.2) is 4.99 Å². The normalized spacial score (nSPS) is 22.2. The van der Waals surface area contributed by atoms with Crippen molar-refractivity contribution in [2.75, 3.05) is 13.6 Å². The van der Waals surface area contributed by atoms with Crippen LogP contribution >= 0.6 is 0 Å². The first-order valence-corrected chi connectivity index (χ1v) is 8.30. The number of cyclic esters (lactones) is 1. The quantitative estimate of drug-likeness (QED) is 0.635. The Morgan fingerprint density at radius 3 is 2.77 bits per heavy atom. The number of likely N-dealkylation sites (N-methyl/N-ethyl adjacent to an activating group) is 1. The lowest BCUT2D eigenvalue weighted by Gasteiger charge is -2.21. The molecule has 0 aliphatic carbocycles. The maximum Gasteiger partial charge on any atom is 0.325 e. The fraction of sp³-hybridized carbons (Fsp3) is 0.812. The van der Waals surface area contributed by atoms with Crippen LogP contribution in [-0.2, 0) is 14.3 Å². The van der Waals surface area contributed by atoms with Crippen LogP contribution in [0.1, 0.15) is 64.7 Å². The molecule has 0 aromatic rings. The third-order valence-electron chi connectivity index (χ3n) is 3.84. The fourth-order valence-corrected chi connectivity index (χ4v) is 2.48. The molecule has 6 heteroatoms. The van der Waals surface area contributed by atoms with Crippen LogP contribution in [0.4, 0.5) is 0 Å². The van der Waals surface area contributed by atoms with E-state index in [0.29, 0.717) is 6.42 Å². The van der Waals surface area contributed by atoms with Gasteiger partial charge >= 0.3 is 5.97 Å². The van der Waals surface area contributed by atoms with E-state index >= 15 is 0 Å². The summed E-state index contributed by atoms with van der Waals surface area (Å²) >= 11 is 0. The number of carbonyl (C=O) groups excluding carboxylic acids is 2. The molecule has 0 bridgehead atoms. The summed E-state index contributed by atoms with van der Waals surface area (Å²) in [5.74, 6) is -0.464. The molecular weight excluding hydrogens is 282 g/mol. The molecule has 6 nitrogen and oxygen atoms in total. The Morgan fingerprint density at radius 1 is 1.27 bits per heavy atom. The number of unbranched alkanes of at least 4 members (excludes halogenated alkanes) is 2. The minimum absolute atomic E-state index is 0.0207. The third kappa shape index (κ3) is 7.43. The molecule has 1 amide bonds. The van der Waals surface area contributed by atoms with Crippen LogP contribution in [0.25, 0.3) is 0 Å². The van der Waals surface area contributed by atoms with Crippen LogP contribution in [0, 0.1) is 0 Å². The highest BCUT2D eigenvalue weighted by Gasteiger charge is 2.17. The molecule has 1 unspecified atom stereocenters. The number of guanidine groups is 1. The van der Waals surface area contributed by atoms with Gasteiger partial charge in [0, 0.05) is 13.5 Å². The van der Waals surface area contributed by atoms with Crippen molar-refractivity contribution in [3.63, 3.8) is 0 Å². The molecule has 2 N–H and O–H groups in total. The Labute approximate surface area is 133 Å². The Hall–Kier alpha value is -1.59. The number of rotatable bonds is 4. The highest BCUT2D eigenvalue weighted by Crippen LogP contribution is 2.16. The standard InChI is InChI=1S/C16H29N3O3/c1-3-4-6-9-13-10-7-5-8-11-14(20)18-16(17)19(2)12-15(21)22-13/h13H,3-12H2,1-2H3,(H2,17,18,20). The van der Waals surface area contributed by atoms with Crippen molar-refractivity contribution in [3.8, 4) is 0 Å². The van der Waals surface area contributed by atoms with Gasteiger partial charge in [-0.05, 0) is 32.1 Å². The van der Waals surface area contributed by atoms with E-state index in [-0.39, 0.29) is 30.5 Å². The van der Waals surface area contributed by atoms with Crippen molar-refractivity contribution in [3.05, 3.63) is 0 Å². The van der Waals surface area contributed by atoms with Gasteiger partial charge in [0.2, 0.25) is 5.91 Å². The van der Waals surface area contributed by atoms with Gasteiger partial charge in [0.25, 0.3) is 0 Å². The topological polar surface area (TPSA) is 85.0 Å². The van der Waals surface area contributed by atoms with Crippen molar-refractivity contribution in [1.82, 2.24) is 4.90 Å². The second kappa shape index (κ2) is 10.2. The minimum Gasteiger partial charge on any atom is -0.461 e. The Balaban J connectivity index is 2.65. The van der Waals surface area contributed by atoms with E-state index in [9.17, 15) is 9.59 Å². The van der Waals surface area contributed by atoms with Gasteiger partial charge in [-0.1, -0.05) is 26.2 Å². The number of hydrogen-bond donors (Lipinski definition) is 1. The summed E-state index contributed by atoms with van der Waals surface area (Å²) in [6.45, 7) is 2.18. The summed E-state index contributed by atoms with van der Waals surface area (Å²) in [4.78, 5) is 28.9. The fourth-order valence-electron chi connectivity index (χ4n) is 2.48. The first kappa shape index (κ1) is 18.5. The molecule has 0 radical (unpaired) electrons. The van der Waals surface area contributed by atoms with Crippen molar-refractivity contribution >= 4 is 17.8 Å². The average Bonchev–Trinajstić information content (AvgIpc) is 2.46. The number of nitrogens with two attached hydrogens (primary N) is 1. The van der Waals surface area contributed by atoms with Gasteiger partial charge in [-0.15, -0.1) is 0 Å². The predicted molar refractivity (Wildman–Crippen MR) is 86.4 cm³/mol. The summed E-state index contributed by atoms with van der Waals surface area (Å²) in [7, 11) is 1.64.